The fraction of sp³-hybridized carbons (Fsp3) is 0.444. The third-order valence-electron chi connectivity index (χ3n) is 4.20. The summed E-state index contributed by atoms with van der Waals surface area (Å²) in [6.45, 7) is 6.40. The Morgan fingerprint density at radius 3 is 2.85 bits per heavy atom. The number of carbonyl (C=O) groups excluding carboxylic acids is 2. The molecule has 2 rings (SSSR count). The van der Waals surface area contributed by atoms with Crippen molar-refractivity contribution in [3.8, 4) is 0 Å². The predicted molar refractivity (Wildman–Crippen MR) is 99.2 cm³/mol. The summed E-state index contributed by atoms with van der Waals surface area (Å²) in [5.74, 6) is -0.271. The van der Waals surface area contributed by atoms with Crippen LogP contribution in [0.2, 0.25) is 0 Å². The summed E-state index contributed by atoms with van der Waals surface area (Å²) < 4.78 is 26.8. The Bertz CT molecular complexity index is 776. The van der Waals surface area contributed by atoms with Crippen molar-refractivity contribution in [1.82, 2.24) is 14.9 Å². The molecule has 0 bridgehead atoms. The van der Waals surface area contributed by atoms with Crippen molar-refractivity contribution >= 4 is 21.8 Å². The van der Waals surface area contributed by atoms with Gasteiger partial charge in [0.05, 0.1) is 4.90 Å². The Labute approximate surface area is 154 Å². The maximum Gasteiger partial charge on any atom is 0.253 e. The highest BCUT2D eigenvalue weighted by molar-refractivity contribution is 7.89. The maximum atomic E-state index is 12.8. The van der Waals surface area contributed by atoms with Crippen molar-refractivity contribution in [3.05, 3.63) is 42.5 Å². The largest absolute Gasteiger partial charge is 0.352 e. The number of likely N-dealkylation sites (tertiary alicyclic amines) is 1. The first kappa shape index (κ1) is 20.1. The van der Waals surface area contributed by atoms with E-state index in [1.807, 2.05) is 0 Å². The van der Waals surface area contributed by atoms with Crippen LogP contribution in [0, 0.1) is 0 Å². The lowest BCUT2D eigenvalue weighted by Gasteiger charge is -2.33. The van der Waals surface area contributed by atoms with Crippen molar-refractivity contribution in [2.24, 2.45) is 0 Å². The molecule has 1 aromatic rings. The number of hydrogen-bond donors (Lipinski definition) is 2. The zero-order chi connectivity index (χ0) is 19.2. The van der Waals surface area contributed by atoms with Crippen LogP contribution in [0.25, 0.3) is 0 Å². The number of benzene rings is 1. The first-order valence-corrected chi connectivity index (χ1v) is 10.1. The number of nitrogens with one attached hydrogen (secondary N) is 2. The molecule has 1 heterocycles. The van der Waals surface area contributed by atoms with Crippen LogP contribution in [0.15, 0.2) is 41.8 Å². The number of hydrogen-bond acceptors (Lipinski definition) is 4. The molecule has 2 amide bonds. The normalized spacial score (nSPS) is 17.6. The lowest BCUT2D eigenvalue weighted by Crippen LogP contribution is -2.49. The van der Waals surface area contributed by atoms with E-state index in [0.29, 0.717) is 25.1 Å². The highest BCUT2D eigenvalue weighted by Crippen LogP contribution is 2.17. The molecule has 0 saturated carbocycles. The van der Waals surface area contributed by atoms with Crippen LogP contribution in [0.5, 0.6) is 0 Å². The number of rotatable bonds is 7. The summed E-state index contributed by atoms with van der Waals surface area (Å²) in [5.41, 5.74) is 0.314. The summed E-state index contributed by atoms with van der Waals surface area (Å²) in [4.78, 5) is 26.0. The van der Waals surface area contributed by atoms with Crippen LogP contribution >= 0.6 is 0 Å². The maximum absolute atomic E-state index is 12.8. The van der Waals surface area contributed by atoms with Gasteiger partial charge in [0.15, 0.2) is 0 Å². The van der Waals surface area contributed by atoms with Crippen molar-refractivity contribution in [3.63, 3.8) is 0 Å². The number of piperidine rings is 1. The Balaban J connectivity index is 2.13. The van der Waals surface area contributed by atoms with Gasteiger partial charge in [-0.25, -0.2) is 13.1 Å². The second-order valence-electron chi connectivity index (χ2n) is 6.18. The quantitative estimate of drug-likeness (QED) is 0.698. The number of nitrogens with zero attached hydrogens (tertiary/aromatic N) is 1. The van der Waals surface area contributed by atoms with Gasteiger partial charge >= 0.3 is 0 Å². The van der Waals surface area contributed by atoms with Gasteiger partial charge in [0.1, 0.15) is 0 Å². The second kappa shape index (κ2) is 8.95. The van der Waals surface area contributed by atoms with Gasteiger partial charge in [-0.05, 0) is 31.0 Å². The van der Waals surface area contributed by atoms with E-state index < -0.39 is 10.0 Å². The van der Waals surface area contributed by atoms with E-state index >= 15 is 0 Å². The smallest absolute Gasteiger partial charge is 0.253 e. The summed E-state index contributed by atoms with van der Waals surface area (Å²) in [5, 5.41) is 2.92. The van der Waals surface area contributed by atoms with Crippen molar-refractivity contribution < 1.29 is 18.0 Å². The fourth-order valence-corrected chi connectivity index (χ4v) is 3.88. The SMILES string of the molecule is C=CCNS(=O)(=O)c1cccc(C(=O)N2CCCC(NC(=O)CC)C2)c1. The van der Waals surface area contributed by atoms with Crippen LogP contribution in [-0.2, 0) is 14.8 Å². The van der Waals surface area contributed by atoms with Gasteiger partial charge in [-0.15, -0.1) is 6.58 Å². The number of sulfonamides is 1. The third-order valence-corrected chi connectivity index (χ3v) is 5.63. The molecule has 1 unspecified atom stereocenters. The van der Waals surface area contributed by atoms with E-state index in [1.54, 1.807) is 24.0 Å². The molecule has 2 N–H and O–H groups in total. The van der Waals surface area contributed by atoms with Crippen LogP contribution in [0.1, 0.15) is 36.5 Å². The van der Waals surface area contributed by atoms with Gasteiger partial charge in [-0.3, -0.25) is 9.59 Å². The molecule has 8 heteroatoms. The highest BCUT2D eigenvalue weighted by atomic mass is 32.2. The molecule has 0 aromatic heterocycles. The molecule has 0 aliphatic carbocycles. The first-order valence-electron chi connectivity index (χ1n) is 8.66. The molecule has 26 heavy (non-hydrogen) atoms. The summed E-state index contributed by atoms with van der Waals surface area (Å²) in [6.07, 6.45) is 3.47. The van der Waals surface area contributed by atoms with E-state index in [9.17, 15) is 18.0 Å². The molecule has 1 saturated heterocycles. The lowest BCUT2D eigenvalue weighted by atomic mass is 10.0. The minimum Gasteiger partial charge on any atom is -0.352 e. The number of amides is 2. The Morgan fingerprint density at radius 2 is 2.15 bits per heavy atom. The molecule has 0 spiro atoms. The molecule has 0 radical (unpaired) electrons. The summed E-state index contributed by atoms with van der Waals surface area (Å²) in [7, 11) is -3.69. The van der Waals surface area contributed by atoms with Gasteiger partial charge in [0, 0.05) is 37.7 Å². The minimum absolute atomic E-state index is 0.0364. The van der Waals surface area contributed by atoms with E-state index in [2.05, 4.69) is 16.6 Å². The average molecular weight is 379 g/mol. The summed E-state index contributed by atoms with van der Waals surface area (Å²) >= 11 is 0. The molecule has 7 nitrogen and oxygen atoms in total. The Hall–Kier alpha value is -2.19. The molecule has 1 aromatic carbocycles. The average Bonchev–Trinajstić information content (AvgIpc) is 2.66. The van der Waals surface area contributed by atoms with Crippen molar-refractivity contribution in [2.45, 2.75) is 37.1 Å². The zero-order valence-corrected chi connectivity index (χ0v) is 15.7. The monoisotopic (exact) mass is 379 g/mol. The number of carbonyl (C=O) groups is 2. The molecule has 1 aliphatic rings. The highest BCUT2D eigenvalue weighted by Gasteiger charge is 2.26. The van der Waals surface area contributed by atoms with Crippen LogP contribution in [0.3, 0.4) is 0 Å². The predicted octanol–water partition coefficient (Wildman–Crippen LogP) is 1.28. The Kier molecular flexibility index (Phi) is 6.93. The van der Waals surface area contributed by atoms with Crippen molar-refractivity contribution in [1.29, 1.82) is 0 Å². The van der Waals surface area contributed by atoms with E-state index in [0.717, 1.165) is 12.8 Å². The molecule has 142 valence electrons. The first-order chi connectivity index (χ1) is 12.4. The molecular weight excluding hydrogens is 354 g/mol. The molecule has 1 atom stereocenters. The van der Waals surface area contributed by atoms with Crippen LogP contribution in [-0.4, -0.2) is 50.8 Å². The standard InChI is InChI=1S/C18H25N3O4S/c1-3-10-19-26(24,25)16-9-5-7-14(12-16)18(23)21-11-6-8-15(13-21)20-17(22)4-2/h3,5,7,9,12,15,19H,1,4,6,8,10-11,13H2,2H3,(H,20,22). The van der Waals surface area contributed by atoms with Gasteiger partial charge < -0.3 is 10.2 Å². The van der Waals surface area contributed by atoms with Gasteiger partial charge in [0.25, 0.3) is 5.91 Å². The second-order valence-corrected chi connectivity index (χ2v) is 7.95. The van der Waals surface area contributed by atoms with E-state index in [-0.39, 0.29) is 29.3 Å². The molecular formula is C18H25N3O4S. The third kappa shape index (κ3) is 5.15. The van der Waals surface area contributed by atoms with Gasteiger partial charge in [-0.1, -0.05) is 19.1 Å². The van der Waals surface area contributed by atoms with E-state index in [4.69, 9.17) is 0 Å². The van der Waals surface area contributed by atoms with Crippen LogP contribution in [0.4, 0.5) is 0 Å². The topological polar surface area (TPSA) is 95.6 Å². The lowest BCUT2D eigenvalue weighted by molar-refractivity contribution is -0.121. The Morgan fingerprint density at radius 1 is 1.38 bits per heavy atom. The molecule has 1 aliphatic heterocycles. The van der Waals surface area contributed by atoms with Gasteiger partial charge in [-0.2, -0.15) is 0 Å². The fourth-order valence-electron chi connectivity index (χ4n) is 2.84. The molecule has 1 fully saturated rings. The minimum atomic E-state index is -3.69. The zero-order valence-electron chi connectivity index (χ0n) is 14.9. The van der Waals surface area contributed by atoms with Crippen molar-refractivity contribution in [2.75, 3.05) is 19.6 Å². The van der Waals surface area contributed by atoms with E-state index in [1.165, 1.54) is 18.2 Å². The summed E-state index contributed by atoms with van der Waals surface area (Å²) in [6, 6.07) is 5.91. The van der Waals surface area contributed by atoms with Crippen LogP contribution < -0.4 is 10.0 Å². The van der Waals surface area contributed by atoms with Gasteiger partial charge in [0.2, 0.25) is 15.9 Å².